The fraction of sp³-hybridized carbons (Fsp3) is 0. The third-order valence-corrected chi connectivity index (χ3v) is 0. The van der Waals surface area contributed by atoms with Crippen molar-refractivity contribution >= 4 is 22.0 Å². The van der Waals surface area contributed by atoms with Crippen LogP contribution in [0.25, 0.3) is 0 Å². The van der Waals surface area contributed by atoms with Gasteiger partial charge in [-0.25, -0.2) is 0 Å². The molecule has 0 saturated heterocycles. The van der Waals surface area contributed by atoms with Crippen LogP contribution in [-0.4, -0.2) is 22.0 Å². The Morgan fingerprint density at radius 3 is 1.20 bits per heavy atom. The molecule has 0 aromatic carbocycles. The zero-order chi connectivity index (χ0) is 3.58. The second-order valence-corrected chi connectivity index (χ2v) is 1.29. The summed E-state index contributed by atoms with van der Waals surface area (Å²) in [5, 5.41) is 0. The molecule has 5 heteroatoms. The molecule has 0 aliphatic heterocycles. The molecule has 0 rings (SSSR count). The molecule has 0 heterocycles. The maximum Gasteiger partial charge on any atom is 1.00 e. The first-order chi connectivity index (χ1) is 1.73. The fourth-order valence-corrected chi connectivity index (χ4v) is 0. The van der Waals surface area contributed by atoms with Gasteiger partial charge < -0.3 is 1.43 Å². The number of rotatable bonds is 0. The Morgan fingerprint density at radius 2 is 1.20 bits per heavy atom. The number of hydrogen-bond acceptors (Lipinski definition) is 0. The quantitative estimate of drug-likeness (QED) is 0.444. The van der Waals surface area contributed by atoms with Crippen molar-refractivity contribution in [1.82, 2.24) is 0 Å². The molecule has 0 aromatic heterocycles. The minimum absolute atomic E-state index is 0. The van der Waals surface area contributed by atoms with E-state index in [1.54, 1.807) is 0 Å². The van der Waals surface area contributed by atoms with Gasteiger partial charge in [-0.1, -0.05) is 0 Å². The van der Waals surface area contributed by atoms with Crippen molar-refractivity contribution in [3.8, 4) is 0 Å². The Hall–Kier alpha value is 2.41. The summed E-state index contributed by atoms with van der Waals surface area (Å²) in [6.07, 6.45) is 0. The van der Waals surface area contributed by atoms with Crippen LogP contribution >= 0.6 is 0 Å². The molecule has 0 bridgehead atoms. The monoisotopic (exact) mass is 264 g/mol. The van der Waals surface area contributed by atoms with Crippen LogP contribution in [0.1, 0.15) is 1.43 Å². The molecular formula is HF3RbSb. The molecule has 0 radical (unpaired) electrons. The summed E-state index contributed by atoms with van der Waals surface area (Å²) in [5.74, 6) is 0. The Bertz CT molecular complexity index is 15.5. The zero-order valence-electron chi connectivity index (χ0n) is 3.58. The minimum atomic E-state index is -4.95. The van der Waals surface area contributed by atoms with Gasteiger partial charge in [0.15, 0.2) is 0 Å². The minimum Gasteiger partial charge on any atom is -1.00 e. The molecular weight excluding hydrogens is 264 g/mol. The predicted molar refractivity (Wildman–Crippen MR) is 10.2 cm³/mol. The SMILES string of the molecule is [F][Sb]([F])[F].[H-].[Rb+]. The van der Waals surface area contributed by atoms with E-state index in [1.165, 1.54) is 0 Å². The van der Waals surface area contributed by atoms with E-state index in [4.69, 9.17) is 0 Å². The molecule has 0 atom stereocenters. The first kappa shape index (κ1) is 10.4. The van der Waals surface area contributed by atoms with E-state index in [9.17, 15) is 8.44 Å². The first-order valence-corrected chi connectivity index (χ1v) is 3.40. The van der Waals surface area contributed by atoms with Gasteiger partial charge in [0.25, 0.3) is 0 Å². The van der Waals surface area contributed by atoms with E-state index < -0.39 is 22.0 Å². The van der Waals surface area contributed by atoms with Crippen LogP contribution in [-0.2, 0) is 0 Å². The van der Waals surface area contributed by atoms with Crippen LogP contribution in [0.2, 0.25) is 0 Å². The van der Waals surface area contributed by atoms with Gasteiger partial charge in [-0.2, -0.15) is 0 Å². The molecule has 0 saturated carbocycles. The van der Waals surface area contributed by atoms with Gasteiger partial charge in [0.2, 0.25) is 0 Å². The van der Waals surface area contributed by atoms with Gasteiger partial charge in [0, 0.05) is 0 Å². The van der Waals surface area contributed by atoms with Crippen molar-refractivity contribution < 1.29 is 68.1 Å². The van der Waals surface area contributed by atoms with E-state index in [0.717, 1.165) is 0 Å². The topological polar surface area (TPSA) is 0 Å². The fourth-order valence-electron chi connectivity index (χ4n) is 0. The molecule has 0 unspecified atom stereocenters. The molecule has 0 aromatic rings. The first-order valence-electron chi connectivity index (χ1n) is 0.507. The van der Waals surface area contributed by atoms with E-state index in [2.05, 4.69) is 0 Å². The van der Waals surface area contributed by atoms with Gasteiger partial charge in [0.05, 0.1) is 0 Å². The van der Waals surface area contributed by atoms with Crippen molar-refractivity contribution in [2.24, 2.45) is 0 Å². The predicted octanol–water partition coefficient (Wildman–Crippen LogP) is -2.00. The second-order valence-electron chi connectivity index (χ2n) is 0.192. The van der Waals surface area contributed by atoms with Crippen LogP contribution in [0.5, 0.6) is 0 Å². The summed E-state index contributed by atoms with van der Waals surface area (Å²) < 4.78 is 29.6. The third-order valence-electron chi connectivity index (χ3n) is 0. The molecule has 0 aliphatic rings. The Kier molecular flexibility index (Phi) is 13.3. The van der Waals surface area contributed by atoms with E-state index in [-0.39, 0.29) is 59.6 Å². The summed E-state index contributed by atoms with van der Waals surface area (Å²) in [6, 6.07) is 0. The van der Waals surface area contributed by atoms with E-state index in [0.29, 0.717) is 0 Å². The normalized spacial score (nSPS) is 7.20. The maximum atomic E-state index is 9.85. The summed E-state index contributed by atoms with van der Waals surface area (Å²) in [6.45, 7) is 0. The van der Waals surface area contributed by atoms with Crippen molar-refractivity contribution in [2.75, 3.05) is 0 Å². The maximum absolute atomic E-state index is 9.85. The average Bonchev–Trinajstić information content (AvgIpc) is 0.811. The molecule has 5 heavy (non-hydrogen) atoms. The van der Waals surface area contributed by atoms with Gasteiger partial charge in [-0.05, 0) is 0 Å². The van der Waals surface area contributed by atoms with Crippen LogP contribution < -0.4 is 58.2 Å². The molecule has 0 N–H and O–H groups in total. The Balaban J connectivity index is -0.0000000450. The Labute approximate surface area is 87.8 Å². The van der Waals surface area contributed by atoms with Crippen LogP contribution in [0, 0.1) is 0 Å². The largest absolute Gasteiger partial charge is 1.00 e. The van der Waals surface area contributed by atoms with Crippen LogP contribution in [0.15, 0.2) is 0 Å². The molecule has 0 fully saturated rings. The molecule has 0 nitrogen and oxygen atoms in total. The summed E-state index contributed by atoms with van der Waals surface area (Å²) in [7, 11) is 0. The third kappa shape index (κ3) is 21.4. The average molecular weight is 265 g/mol. The molecule has 0 amide bonds. The van der Waals surface area contributed by atoms with Gasteiger partial charge >= 0.3 is 88.6 Å². The standard InChI is InChI=1S/3FH.Rb.Sb.H/h3*1H;;;/q;;;+1;+3;-1/p-3. The van der Waals surface area contributed by atoms with E-state index in [1.807, 2.05) is 0 Å². The van der Waals surface area contributed by atoms with Crippen molar-refractivity contribution in [2.45, 2.75) is 0 Å². The van der Waals surface area contributed by atoms with Gasteiger partial charge in [0.1, 0.15) is 0 Å². The molecule has 28 valence electrons. The van der Waals surface area contributed by atoms with Crippen LogP contribution in [0.4, 0.5) is 8.44 Å². The second kappa shape index (κ2) is 6.41. The zero-order valence-corrected chi connectivity index (χ0v) is 10.0. The van der Waals surface area contributed by atoms with Crippen LogP contribution in [0.3, 0.4) is 0 Å². The smallest absolute Gasteiger partial charge is 1.00 e. The van der Waals surface area contributed by atoms with Gasteiger partial charge in [-0.3, -0.25) is 0 Å². The van der Waals surface area contributed by atoms with Gasteiger partial charge in [-0.15, -0.1) is 0 Å². The van der Waals surface area contributed by atoms with Crippen molar-refractivity contribution in [3.63, 3.8) is 0 Å². The molecule has 0 spiro atoms. The Morgan fingerprint density at radius 1 is 1.20 bits per heavy atom. The summed E-state index contributed by atoms with van der Waals surface area (Å²) in [4.78, 5) is 0. The summed E-state index contributed by atoms with van der Waals surface area (Å²) >= 11 is -4.95. The number of hydrogen-bond donors (Lipinski definition) is 0. The van der Waals surface area contributed by atoms with Crippen molar-refractivity contribution in [3.05, 3.63) is 0 Å². The molecule has 0 aliphatic carbocycles. The number of halogens is 3. The van der Waals surface area contributed by atoms with Crippen molar-refractivity contribution in [1.29, 1.82) is 0 Å². The summed E-state index contributed by atoms with van der Waals surface area (Å²) in [5.41, 5.74) is 0. The van der Waals surface area contributed by atoms with E-state index >= 15 is 0 Å².